The van der Waals surface area contributed by atoms with Gasteiger partial charge in [0, 0.05) is 12.6 Å². The van der Waals surface area contributed by atoms with Gasteiger partial charge in [0.05, 0.1) is 26.5 Å². The van der Waals surface area contributed by atoms with Crippen molar-refractivity contribution in [3.05, 3.63) is 42.0 Å². The van der Waals surface area contributed by atoms with Crippen LogP contribution in [0.2, 0.25) is 0 Å². The molecule has 1 amide bonds. The normalized spacial score (nSPS) is 11.8. The van der Waals surface area contributed by atoms with Gasteiger partial charge >= 0.3 is 0 Å². The molecule has 0 saturated carbocycles. The SMILES string of the molecule is COc1ccc(NCC(=O)NCc2ccc3c(c2)OCO3)c(OC)c1. The number of ether oxygens (including phenoxy) is 4. The maximum absolute atomic E-state index is 12.1. The third kappa shape index (κ3) is 4.06. The summed E-state index contributed by atoms with van der Waals surface area (Å²) in [4.78, 5) is 12.1. The van der Waals surface area contributed by atoms with Crippen LogP contribution in [-0.2, 0) is 11.3 Å². The molecule has 1 heterocycles. The first-order valence-electron chi connectivity index (χ1n) is 7.80. The molecule has 132 valence electrons. The van der Waals surface area contributed by atoms with E-state index in [0.29, 0.717) is 23.8 Å². The van der Waals surface area contributed by atoms with E-state index in [-0.39, 0.29) is 19.2 Å². The fourth-order valence-electron chi connectivity index (χ4n) is 2.43. The Balaban J connectivity index is 1.51. The number of methoxy groups -OCH3 is 2. The number of nitrogens with one attached hydrogen (secondary N) is 2. The molecular weight excluding hydrogens is 324 g/mol. The average Bonchev–Trinajstić information content (AvgIpc) is 3.12. The van der Waals surface area contributed by atoms with Crippen LogP contribution in [0.5, 0.6) is 23.0 Å². The summed E-state index contributed by atoms with van der Waals surface area (Å²) in [6.07, 6.45) is 0. The Morgan fingerprint density at radius 3 is 2.72 bits per heavy atom. The molecule has 3 rings (SSSR count). The molecule has 0 fully saturated rings. The van der Waals surface area contributed by atoms with Crippen molar-refractivity contribution in [3.63, 3.8) is 0 Å². The van der Waals surface area contributed by atoms with Gasteiger partial charge in [-0.15, -0.1) is 0 Å². The molecule has 0 unspecified atom stereocenters. The second-order valence-corrected chi connectivity index (χ2v) is 5.38. The Hall–Kier alpha value is -3.09. The van der Waals surface area contributed by atoms with E-state index < -0.39 is 0 Å². The fraction of sp³-hybridized carbons (Fsp3) is 0.278. The maximum atomic E-state index is 12.1. The zero-order valence-corrected chi connectivity index (χ0v) is 14.1. The lowest BCUT2D eigenvalue weighted by atomic mass is 10.2. The third-order valence-corrected chi connectivity index (χ3v) is 3.77. The minimum atomic E-state index is -0.129. The number of hydrogen-bond acceptors (Lipinski definition) is 6. The van der Waals surface area contributed by atoms with Crippen molar-refractivity contribution in [1.82, 2.24) is 5.32 Å². The average molecular weight is 344 g/mol. The monoisotopic (exact) mass is 344 g/mol. The Morgan fingerprint density at radius 1 is 1.08 bits per heavy atom. The summed E-state index contributed by atoms with van der Waals surface area (Å²) in [6, 6.07) is 11.0. The van der Waals surface area contributed by atoms with Gasteiger partial charge < -0.3 is 29.6 Å². The largest absolute Gasteiger partial charge is 0.497 e. The summed E-state index contributed by atoms with van der Waals surface area (Å²) in [5, 5.41) is 5.91. The molecule has 7 heteroatoms. The van der Waals surface area contributed by atoms with Crippen LogP contribution in [0.4, 0.5) is 5.69 Å². The lowest BCUT2D eigenvalue weighted by Gasteiger charge is -2.12. The highest BCUT2D eigenvalue weighted by atomic mass is 16.7. The second kappa shape index (κ2) is 7.65. The maximum Gasteiger partial charge on any atom is 0.239 e. The number of rotatable bonds is 7. The molecule has 0 spiro atoms. The highest BCUT2D eigenvalue weighted by molar-refractivity contribution is 5.81. The van der Waals surface area contributed by atoms with Gasteiger partial charge in [0.1, 0.15) is 11.5 Å². The van der Waals surface area contributed by atoms with Crippen LogP contribution < -0.4 is 29.6 Å². The van der Waals surface area contributed by atoms with Crippen LogP contribution in [0.15, 0.2) is 36.4 Å². The Kier molecular flexibility index (Phi) is 5.13. The number of carbonyl (C=O) groups excluding carboxylic acids is 1. The van der Waals surface area contributed by atoms with Gasteiger partial charge in [-0.2, -0.15) is 0 Å². The molecule has 0 atom stereocenters. The van der Waals surface area contributed by atoms with E-state index in [1.165, 1.54) is 0 Å². The van der Waals surface area contributed by atoms with Crippen molar-refractivity contribution in [3.8, 4) is 23.0 Å². The molecule has 7 nitrogen and oxygen atoms in total. The van der Waals surface area contributed by atoms with Crippen molar-refractivity contribution in [1.29, 1.82) is 0 Å². The van der Waals surface area contributed by atoms with E-state index >= 15 is 0 Å². The summed E-state index contributed by atoms with van der Waals surface area (Å²) >= 11 is 0. The molecule has 25 heavy (non-hydrogen) atoms. The van der Waals surface area contributed by atoms with Crippen molar-refractivity contribution in [2.75, 3.05) is 32.9 Å². The van der Waals surface area contributed by atoms with E-state index in [4.69, 9.17) is 18.9 Å². The van der Waals surface area contributed by atoms with Crippen LogP contribution in [0.1, 0.15) is 5.56 Å². The fourth-order valence-corrected chi connectivity index (χ4v) is 2.43. The first-order chi connectivity index (χ1) is 12.2. The summed E-state index contributed by atoms with van der Waals surface area (Å²) in [6.45, 7) is 0.781. The number of hydrogen-bond donors (Lipinski definition) is 2. The molecule has 0 aromatic heterocycles. The van der Waals surface area contributed by atoms with Crippen LogP contribution >= 0.6 is 0 Å². The molecule has 0 saturated heterocycles. The second-order valence-electron chi connectivity index (χ2n) is 5.38. The molecule has 0 radical (unpaired) electrons. The lowest BCUT2D eigenvalue weighted by molar-refractivity contribution is -0.119. The quantitative estimate of drug-likeness (QED) is 0.801. The summed E-state index contributed by atoms with van der Waals surface area (Å²) in [5.74, 6) is 2.60. The van der Waals surface area contributed by atoms with Crippen LogP contribution in [0.25, 0.3) is 0 Å². The summed E-state index contributed by atoms with van der Waals surface area (Å²) in [5.41, 5.74) is 1.67. The zero-order valence-electron chi connectivity index (χ0n) is 14.1. The predicted molar refractivity (Wildman–Crippen MR) is 92.4 cm³/mol. The molecule has 2 N–H and O–H groups in total. The van der Waals surface area contributed by atoms with Gasteiger partial charge in [-0.3, -0.25) is 4.79 Å². The van der Waals surface area contributed by atoms with E-state index in [2.05, 4.69) is 10.6 Å². The van der Waals surface area contributed by atoms with Gasteiger partial charge in [-0.25, -0.2) is 0 Å². The molecule has 0 aliphatic carbocycles. The Labute approximate surface area is 145 Å². The van der Waals surface area contributed by atoms with Crippen LogP contribution in [0, 0.1) is 0 Å². The number of anilines is 1. The van der Waals surface area contributed by atoms with Gasteiger partial charge in [0.25, 0.3) is 0 Å². The highest BCUT2D eigenvalue weighted by Gasteiger charge is 2.13. The standard InChI is InChI=1S/C18H20N2O5/c1-22-13-4-5-14(16(8-13)23-2)19-10-18(21)20-9-12-3-6-15-17(7-12)25-11-24-15/h3-8,19H,9-11H2,1-2H3,(H,20,21). The smallest absolute Gasteiger partial charge is 0.239 e. The Morgan fingerprint density at radius 2 is 1.92 bits per heavy atom. The topological polar surface area (TPSA) is 78.1 Å². The number of amides is 1. The van der Waals surface area contributed by atoms with E-state index in [1.807, 2.05) is 24.3 Å². The number of carbonyl (C=O) groups is 1. The van der Waals surface area contributed by atoms with Crippen molar-refractivity contribution in [2.45, 2.75) is 6.54 Å². The van der Waals surface area contributed by atoms with Gasteiger partial charge in [-0.05, 0) is 29.8 Å². The summed E-state index contributed by atoms with van der Waals surface area (Å²) < 4.78 is 21.0. The molecule has 0 bridgehead atoms. The first-order valence-corrected chi connectivity index (χ1v) is 7.80. The number of benzene rings is 2. The highest BCUT2D eigenvalue weighted by Crippen LogP contribution is 2.32. The van der Waals surface area contributed by atoms with E-state index in [0.717, 1.165) is 17.0 Å². The van der Waals surface area contributed by atoms with Crippen molar-refractivity contribution >= 4 is 11.6 Å². The van der Waals surface area contributed by atoms with Gasteiger partial charge in [-0.1, -0.05) is 6.07 Å². The Bertz CT molecular complexity index is 763. The third-order valence-electron chi connectivity index (χ3n) is 3.77. The van der Waals surface area contributed by atoms with Crippen LogP contribution in [-0.4, -0.2) is 33.5 Å². The molecule has 1 aliphatic rings. The van der Waals surface area contributed by atoms with Crippen molar-refractivity contribution in [2.24, 2.45) is 0 Å². The lowest BCUT2D eigenvalue weighted by Crippen LogP contribution is -2.29. The van der Waals surface area contributed by atoms with Gasteiger partial charge in [0.15, 0.2) is 11.5 Å². The molecule has 2 aromatic rings. The molecule has 2 aromatic carbocycles. The molecular formula is C18H20N2O5. The van der Waals surface area contributed by atoms with Gasteiger partial charge in [0.2, 0.25) is 12.7 Å². The minimum absolute atomic E-state index is 0.129. The minimum Gasteiger partial charge on any atom is -0.497 e. The first kappa shape index (κ1) is 16.8. The van der Waals surface area contributed by atoms with Crippen molar-refractivity contribution < 1.29 is 23.7 Å². The summed E-state index contributed by atoms with van der Waals surface area (Å²) in [7, 11) is 3.16. The van der Waals surface area contributed by atoms with E-state index in [9.17, 15) is 4.79 Å². The molecule has 1 aliphatic heterocycles. The number of fused-ring (bicyclic) bond motifs is 1. The van der Waals surface area contributed by atoms with Crippen LogP contribution in [0.3, 0.4) is 0 Å². The predicted octanol–water partition coefficient (Wildman–Crippen LogP) is 2.16. The van der Waals surface area contributed by atoms with E-state index in [1.54, 1.807) is 26.4 Å². The zero-order chi connectivity index (χ0) is 17.6.